The van der Waals surface area contributed by atoms with Gasteiger partial charge in [-0.25, -0.2) is 9.37 Å². The smallest absolute Gasteiger partial charge is 0.259 e. The van der Waals surface area contributed by atoms with Crippen molar-refractivity contribution in [1.29, 1.82) is 0 Å². The van der Waals surface area contributed by atoms with E-state index in [9.17, 15) is 9.18 Å². The zero-order valence-corrected chi connectivity index (χ0v) is 11.9. The third-order valence-corrected chi connectivity index (χ3v) is 3.69. The number of fused-ring (bicyclic) bond motifs is 1. The molecule has 3 nitrogen and oxygen atoms in total. The highest BCUT2D eigenvalue weighted by Crippen LogP contribution is 2.23. The molecule has 3 rings (SSSR count). The summed E-state index contributed by atoms with van der Waals surface area (Å²) in [5.41, 5.74) is 1.10. The van der Waals surface area contributed by atoms with Crippen LogP contribution in [-0.4, -0.2) is 9.97 Å². The van der Waals surface area contributed by atoms with Crippen LogP contribution in [0.2, 0.25) is 0 Å². The minimum absolute atomic E-state index is 0.244. The number of nitrogens with zero attached hydrogens (tertiary/aromatic N) is 1. The van der Waals surface area contributed by atoms with Crippen LogP contribution in [0.5, 0.6) is 0 Å². The lowest BCUT2D eigenvalue weighted by Crippen LogP contribution is -2.10. The molecule has 0 spiro atoms. The molecule has 5 heteroatoms. The molecule has 100 valence electrons. The van der Waals surface area contributed by atoms with Crippen LogP contribution >= 0.6 is 15.9 Å². The maximum atomic E-state index is 14.3. The topological polar surface area (TPSA) is 45.8 Å². The molecule has 1 N–H and O–H groups in total. The number of benzene rings is 2. The van der Waals surface area contributed by atoms with Gasteiger partial charge in [-0.2, -0.15) is 0 Å². The van der Waals surface area contributed by atoms with Gasteiger partial charge < -0.3 is 4.98 Å². The molecule has 0 aliphatic rings. The van der Waals surface area contributed by atoms with E-state index in [4.69, 9.17) is 0 Å². The number of alkyl halides is 1. The second-order valence-electron chi connectivity index (χ2n) is 4.34. The van der Waals surface area contributed by atoms with Gasteiger partial charge in [-0.1, -0.05) is 40.2 Å². The van der Waals surface area contributed by atoms with Gasteiger partial charge in [0.15, 0.2) is 0 Å². The maximum absolute atomic E-state index is 14.3. The van der Waals surface area contributed by atoms with Crippen molar-refractivity contribution in [2.45, 2.75) is 5.33 Å². The lowest BCUT2D eigenvalue weighted by molar-refractivity contribution is 0.620. The molecule has 1 aromatic heterocycles. The van der Waals surface area contributed by atoms with E-state index in [0.717, 1.165) is 0 Å². The van der Waals surface area contributed by atoms with Crippen molar-refractivity contribution in [2.75, 3.05) is 0 Å². The number of nitrogens with one attached hydrogen (secondary N) is 1. The molecule has 20 heavy (non-hydrogen) atoms. The summed E-state index contributed by atoms with van der Waals surface area (Å²) in [6.07, 6.45) is 0. The van der Waals surface area contributed by atoms with E-state index in [0.29, 0.717) is 27.4 Å². The van der Waals surface area contributed by atoms with Gasteiger partial charge in [-0.15, -0.1) is 0 Å². The summed E-state index contributed by atoms with van der Waals surface area (Å²) in [7, 11) is 0. The minimum Gasteiger partial charge on any atom is -0.306 e. The van der Waals surface area contributed by atoms with Gasteiger partial charge in [-0.3, -0.25) is 4.79 Å². The molecule has 0 unspecified atom stereocenters. The molecule has 0 fully saturated rings. The fourth-order valence-electron chi connectivity index (χ4n) is 2.08. The van der Waals surface area contributed by atoms with Gasteiger partial charge in [0.1, 0.15) is 11.6 Å². The molecule has 0 aliphatic heterocycles. The van der Waals surface area contributed by atoms with Gasteiger partial charge in [-0.05, 0) is 23.8 Å². The summed E-state index contributed by atoms with van der Waals surface area (Å²) in [6, 6.07) is 12.0. The van der Waals surface area contributed by atoms with Crippen LogP contribution in [0.1, 0.15) is 5.56 Å². The molecule has 0 radical (unpaired) electrons. The Morgan fingerprint density at radius 1 is 1.15 bits per heavy atom. The molecule has 0 saturated carbocycles. The van der Waals surface area contributed by atoms with E-state index in [1.165, 1.54) is 0 Å². The zero-order chi connectivity index (χ0) is 14.1. The van der Waals surface area contributed by atoms with E-state index in [1.807, 2.05) is 0 Å². The van der Waals surface area contributed by atoms with Gasteiger partial charge in [0, 0.05) is 5.33 Å². The highest BCUT2D eigenvalue weighted by molar-refractivity contribution is 9.08. The van der Waals surface area contributed by atoms with Crippen molar-refractivity contribution in [2.24, 2.45) is 0 Å². The second-order valence-corrected chi connectivity index (χ2v) is 4.90. The first-order valence-electron chi connectivity index (χ1n) is 6.03. The Bertz CT molecular complexity index is 845. The lowest BCUT2D eigenvalue weighted by Gasteiger charge is -2.06. The molecule has 0 bridgehead atoms. The average Bonchev–Trinajstić information content (AvgIpc) is 2.47. The van der Waals surface area contributed by atoms with Crippen LogP contribution in [0.25, 0.3) is 22.3 Å². The third kappa shape index (κ3) is 2.14. The first-order valence-corrected chi connectivity index (χ1v) is 7.15. The van der Waals surface area contributed by atoms with E-state index in [1.54, 1.807) is 42.5 Å². The average molecular weight is 333 g/mol. The monoisotopic (exact) mass is 332 g/mol. The zero-order valence-electron chi connectivity index (χ0n) is 10.4. The number of aromatic amines is 1. The molecule has 0 saturated heterocycles. The summed E-state index contributed by atoms with van der Waals surface area (Å²) in [5.74, 6) is -0.128. The summed E-state index contributed by atoms with van der Waals surface area (Å²) in [5, 5.41) is 0.901. The SMILES string of the molecule is O=c1[nH]c(-c2cccc(CBr)c2F)nc2ccccc12. The Morgan fingerprint density at radius 2 is 1.95 bits per heavy atom. The number of hydrogen-bond acceptors (Lipinski definition) is 2. The Morgan fingerprint density at radius 3 is 2.75 bits per heavy atom. The third-order valence-electron chi connectivity index (χ3n) is 3.09. The minimum atomic E-state index is -0.372. The molecule has 0 amide bonds. The molecule has 3 aromatic rings. The normalized spacial score (nSPS) is 10.9. The van der Waals surface area contributed by atoms with Crippen molar-refractivity contribution in [3.63, 3.8) is 0 Å². The van der Waals surface area contributed by atoms with Crippen LogP contribution in [-0.2, 0) is 5.33 Å². The fraction of sp³-hybridized carbons (Fsp3) is 0.0667. The van der Waals surface area contributed by atoms with Crippen LogP contribution in [0.4, 0.5) is 4.39 Å². The van der Waals surface area contributed by atoms with E-state index in [2.05, 4.69) is 25.9 Å². The predicted octanol–water partition coefficient (Wildman–Crippen LogP) is 3.62. The van der Waals surface area contributed by atoms with Crippen molar-refractivity contribution >= 4 is 26.8 Å². The Labute approximate surface area is 122 Å². The lowest BCUT2D eigenvalue weighted by atomic mass is 10.1. The number of rotatable bonds is 2. The summed E-state index contributed by atoms with van der Waals surface area (Å²) >= 11 is 3.24. The Hall–Kier alpha value is -2.01. The molecule has 1 heterocycles. The predicted molar refractivity (Wildman–Crippen MR) is 80.4 cm³/mol. The largest absolute Gasteiger partial charge is 0.306 e. The second kappa shape index (κ2) is 5.17. The van der Waals surface area contributed by atoms with Gasteiger partial charge >= 0.3 is 0 Å². The molecular weight excluding hydrogens is 323 g/mol. The molecule has 2 aromatic carbocycles. The quantitative estimate of drug-likeness (QED) is 0.728. The van der Waals surface area contributed by atoms with Crippen molar-refractivity contribution in [3.05, 3.63) is 64.2 Å². The van der Waals surface area contributed by atoms with Crippen LogP contribution in [0.3, 0.4) is 0 Å². The van der Waals surface area contributed by atoms with Gasteiger partial charge in [0.05, 0.1) is 16.5 Å². The van der Waals surface area contributed by atoms with Crippen LogP contribution in [0.15, 0.2) is 47.3 Å². The highest BCUT2D eigenvalue weighted by Gasteiger charge is 2.12. The van der Waals surface area contributed by atoms with Crippen LogP contribution < -0.4 is 5.56 Å². The maximum Gasteiger partial charge on any atom is 0.259 e. The van der Waals surface area contributed by atoms with Crippen molar-refractivity contribution < 1.29 is 4.39 Å². The standard InChI is InChI=1S/C15H10BrFN2O/c16-8-9-4-3-6-11(13(9)17)14-18-12-7-2-1-5-10(12)15(20)19-14/h1-7H,8H2,(H,18,19,20). The van der Waals surface area contributed by atoms with Gasteiger partial charge in [0.25, 0.3) is 5.56 Å². The number of aromatic nitrogens is 2. The number of H-pyrrole nitrogens is 1. The van der Waals surface area contributed by atoms with E-state index in [-0.39, 0.29) is 17.2 Å². The van der Waals surface area contributed by atoms with Gasteiger partial charge in [0.2, 0.25) is 0 Å². The van der Waals surface area contributed by atoms with Crippen LogP contribution in [0, 0.1) is 5.82 Å². The Balaban J connectivity index is 2.28. The molecule has 0 atom stereocenters. The summed E-state index contributed by atoms with van der Waals surface area (Å²) < 4.78 is 14.3. The number of halogens is 2. The number of para-hydroxylation sites is 1. The van der Waals surface area contributed by atoms with E-state index < -0.39 is 0 Å². The molecule has 0 aliphatic carbocycles. The summed E-state index contributed by atoms with van der Waals surface area (Å²) in [6.45, 7) is 0. The first-order chi connectivity index (χ1) is 9.70. The first kappa shape index (κ1) is 13.0. The molecular formula is C15H10BrFN2O. The fourth-order valence-corrected chi connectivity index (χ4v) is 2.51. The van der Waals surface area contributed by atoms with Crippen molar-refractivity contribution in [3.8, 4) is 11.4 Å². The number of hydrogen-bond donors (Lipinski definition) is 1. The summed E-state index contributed by atoms with van der Waals surface area (Å²) in [4.78, 5) is 19.0. The highest BCUT2D eigenvalue weighted by atomic mass is 79.9. The van der Waals surface area contributed by atoms with E-state index >= 15 is 0 Å². The Kier molecular flexibility index (Phi) is 3.36. The van der Waals surface area contributed by atoms with Crippen molar-refractivity contribution in [1.82, 2.24) is 9.97 Å².